The lowest BCUT2D eigenvalue weighted by Crippen LogP contribution is -2.41. The van der Waals surface area contributed by atoms with Crippen LogP contribution in [0.3, 0.4) is 0 Å². The van der Waals surface area contributed by atoms with Crippen molar-refractivity contribution in [2.75, 3.05) is 18.4 Å². The zero-order valence-corrected chi connectivity index (χ0v) is 12.0. The normalized spacial score (nSPS) is 15.3. The first-order chi connectivity index (χ1) is 10.8. The second-order valence-electron chi connectivity index (χ2n) is 5.18. The van der Waals surface area contributed by atoms with E-state index in [2.05, 4.69) is 21.5 Å². The number of likely N-dealkylation sites (tertiary alicyclic amines) is 1. The van der Waals surface area contributed by atoms with E-state index in [0.29, 0.717) is 24.3 Å². The molecule has 1 saturated heterocycles. The standard InChI is InChI=1S/C15H16N6O/c16-9-12-3-1-2-4-14(12)19-15(22)20-7-5-13(6-8-20)21-11-17-10-18-21/h1-4,10-11,13H,5-8H2,(H,19,22). The van der Waals surface area contributed by atoms with Gasteiger partial charge in [0.2, 0.25) is 0 Å². The number of nitriles is 1. The summed E-state index contributed by atoms with van der Waals surface area (Å²) in [6.45, 7) is 1.32. The molecule has 0 aliphatic carbocycles. The molecule has 7 heteroatoms. The monoisotopic (exact) mass is 296 g/mol. The summed E-state index contributed by atoms with van der Waals surface area (Å²) in [6, 6.07) is 9.20. The summed E-state index contributed by atoms with van der Waals surface area (Å²) in [5.74, 6) is 0. The second-order valence-corrected chi connectivity index (χ2v) is 5.18. The summed E-state index contributed by atoms with van der Waals surface area (Å²) in [4.78, 5) is 18.0. The van der Waals surface area contributed by atoms with Crippen molar-refractivity contribution in [2.24, 2.45) is 0 Å². The van der Waals surface area contributed by atoms with Crippen LogP contribution >= 0.6 is 0 Å². The molecule has 0 spiro atoms. The van der Waals surface area contributed by atoms with Crippen molar-refractivity contribution in [3.05, 3.63) is 42.5 Å². The third-order valence-corrected chi connectivity index (χ3v) is 3.85. The fourth-order valence-electron chi connectivity index (χ4n) is 2.62. The molecule has 0 atom stereocenters. The number of hydrogen-bond donors (Lipinski definition) is 1. The van der Waals surface area contributed by atoms with Crippen LogP contribution in [0.5, 0.6) is 0 Å². The Morgan fingerprint density at radius 3 is 2.77 bits per heavy atom. The van der Waals surface area contributed by atoms with Crippen LogP contribution in [0.25, 0.3) is 0 Å². The maximum atomic E-state index is 12.3. The van der Waals surface area contributed by atoms with Crippen molar-refractivity contribution in [1.82, 2.24) is 19.7 Å². The van der Waals surface area contributed by atoms with E-state index >= 15 is 0 Å². The second kappa shape index (κ2) is 6.26. The third kappa shape index (κ3) is 2.91. The fraction of sp³-hybridized carbons (Fsp3) is 0.333. The van der Waals surface area contributed by atoms with Crippen LogP contribution in [0.15, 0.2) is 36.9 Å². The molecule has 1 aliphatic rings. The maximum absolute atomic E-state index is 12.3. The Bertz CT molecular complexity index is 682. The first-order valence-electron chi connectivity index (χ1n) is 7.17. The molecular weight excluding hydrogens is 280 g/mol. The summed E-state index contributed by atoms with van der Waals surface area (Å²) >= 11 is 0. The Balaban J connectivity index is 1.59. The number of nitrogens with one attached hydrogen (secondary N) is 1. The molecule has 2 heterocycles. The summed E-state index contributed by atoms with van der Waals surface area (Å²) in [6.07, 6.45) is 4.93. The summed E-state index contributed by atoms with van der Waals surface area (Å²) in [7, 11) is 0. The molecule has 22 heavy (non-hydrogen) atoms. The number of benzene rings is 1. The highest BCUT2D eigenvalue weighted by Gasteiger charge is 2.24. The molecular formula is C15H16N6O. The lowest BCUT2D eigenvalue weighted by molar-refractivity contribution is 0.180. The highest BCUT2D eigenvalue weighted by Crippen LogP contribution is 2.22. The number of rotatable bonds is 2. The summed E-state index contributed by atoms with van der Waals surface area (Å²) in [5, 5.41) is 16.0. The number of nitrogens with zero attached hydrogens (tertiary/aromatic N) is 5. The number of carbonyl (C=O) groups is 1. The number of carbonyl (C=O) groups excluding carboxylic acids is 1. The first kappa shape index (κ1) is 14.1. The Morgan fingerprint density at radius 2 is 2.09 bits per heavy atom. The number of amides is 2. The zero-order valence-electron chi connectivity index (χ0n) is 12.0. The predicted octanol–water partition coefficient (Wildman–Crippen LogP) is 2.02. The maximum Gasteiger partial charge on any atom is 0.321 e. The lowest BCUT2D eigenvalue weighted by atomic mass is 10.1. The number of para-hydroxylation sites is 1. The molecule has 7 nitrogen and oxygen atoms in total. The van der Waals surface area contributed by atoms with Gasteiger partial charge < -0.3 is 10.2 Å². The van der Waals surface area contributed by atoms with Gasteiger partial charge in [-0.3, -0.25) is 0 Å². The van der Waals surface area contributed by atoms with Gasteiger partial charge in [0, 0.05) is 13.1 Å². The number of aromatic nitrogens is 3. The third-order valence-electron chi connectivity index (χ3n) is 3.85. The molecule has 2 amide bonds. The Labute approximate surface area is 128 Å². The van der Waals surface area contributed by atoms with Gasteiger partial charge >= 0.3 is 6.03 Å². The SMILES string of the molecule is N#Cc1ccccc1NC(=O)N1CCC(n2cncn2)CC1. The van der Waals surface area contributed by atoms with Gasteiger partial charge in [-0.15, -0.1) is 0 Å². The van der Waals surface area contributed by atoms with Crippen molar-refractivity contribution in [3.63, 3.8) is 0 Å². The Hall–Kier alpha value is -2.88. The molecule has 0 radical (unpaired) electrons. The number of anilines is 1. The number of hydrogen-bond acceptors (Lipinski definition) is 4. The van der Waals surface area contributed by atoms with Gasteiger partial charge in [-0.2, -0.15) is 10.4 Å². The number of piperidine rings is 1. The van der Waals surface area contributed by atoms with E-state index in [-0.39, 0.29) is 12.1 Å². The Morgan fingerprint density at radius 1 is 1.32 bits per heavy atom. The average molecular weight is 296 g/mol. The molecule has 0 unspecified atom stereocenters. The van der Waals surface area contributed by atoms with E-state index in [4.69, 9.17) is 5.26 Å². The molecule has 1 aromatic carbocycles. The van der Waals surface area contributed by atoms with Crippen molar-refractivity contribution in [3.8, 4) is 6.07 Å². The number of urea groups is 1. The first-order valence-corrected chi connectivity index (χ1v) is 7.17. The van der Waals surface area contributed by atoms with Crippen LogP contribution in [0.1, 0.15) is 24.4 Å². The molecule has 3 rings (SSSR count). The quantitative estimate of drug-likeness (QED) is 0.918. The van der Waals surface area contributed by atoms with Crippen molar-refractivity contribution in [1.29, 1.82) is 5.26 Å². The van der Waals surface area contributed by atoms with Crippen LogP contribution in [-0.4, -0.2) is 38.8 Å². The molecule has 2 aromatic rings. The van der Waals surface area contributed by atoms with E-state index in [0.717, 1.165) is 12.8 Å². The highest BCUT2D eigenvalue weighted by molar-refractivity contribution is 5.90. The van der Waals surface area contributed by atoms with Gasteiger partial charge in [-0.05, 0) is 25.0 Å². The minimum atomic E-state index is -0.167. The van der Waals surface area contributed by atoms with Crippen molar-refractivity contribution >= 4 is 11.7 Å². The minimum absolute atomic E-state index is 0.167. The van der Waals surface area contributed by atoms with Gasteiger partial charge in [-0.1, -0.05) is 12.1 Å². The van der Waals surface area contributed by atoms with E-state index in [1.807, 2.05) is 4.68 Å². The summed E-state index contributed by atoms with van der Waals surface area (Å²) < 4.78 is 1.85. The van der Waals surface area contributed by atoms with Crippen molar-refractivity contribution < 1.29 is 4.79 Å². The van der Waals surface area contributed by atoms with Crippen LogP contribution in [0, 0.1) is 11.3 Å². The van der Waals surface area contributed by atoms with E-state index in [1.54, 1.807) is 35.5 Å². The van der Waals surface area contributed by atoms with Gasteiger partial charge in [0.15, 0.2) is 0 Å². The molecule has 1 fully saturated rings. The Kier molecular flexibility index (Phi) is 4.01. The van der Waals surface area contributed by atoms with Crippen molar-refractivity contribution in [2.45, 2.75) is 18.9 Å². The molecule has 1 N–H and O–H groups in total. The minimum Gasteiger partial charge on any atom is -0.324 e. The van der Waals surface area contributed by atoms with Gasteiger partial charge in [-0.25, -0.2) is 14.5 Å². The summed E-state index contributed by atoms with van der Waals surface area (Å²) in [5.41, 5.74) is 1.02. The molecule has 0 bridgehead atoms. The van der Waals surface area contributed by atoms with Crippen LogP contribution in [-0.2, 0) is 0 Å². The highest BCUT2D eigenvalue weighted by atomic mass is 16.2. The van der Waals surface area contributed by atoms with Crippen LogP contribution in [0.4, 0.5) is 10.5 Å². The molecule has 1 aliphatic heterocycles. The predicted molar refractivity (Wildman–Crippen MR) is 80.0 cm³/mol. The molecule has 0 saturated carbocycles. The largest absolute Gasteiger partial charge is 0.324 e. The van der Waals surface area contributed by atoms with E-state index < -0.39 is 0 Å². The fourth-order valence-corrected chi connectivity index (χ4v) is 2.62. The van der Waals surface area contributed by atoms with Crippen LogP contribution < -0.4 is 5.32 Å². The van der Waals surface area contributed by atoms with Gasteiger partial charge in [0.1, 0.15) is 18.7 Å². The van der Waals surface area contributed by atoms with Crippen LogP contribution in [0.2, 0.25) is 0 Å². The van der Waals surface area contributed by atoms with Gasteiger partial charge in [0.05, 0.1) is 17.3 Å². The smallest absolute Gasteiger partial charge is 0.321 e. The average Bonchev–Trinajstić information content (AvgIpc) is 3.10. The molecule has 1 aromatic heterocycles. The van der Waals surface area contributed by atoms with Gasteiger partial charge in [0.25, 0.3) is 0 Å². The molecule has 112 valence electrons. The van der Waals surface area contributed by atoms with E-state index in [9.17, 15) is 4.79 Å². The topological polar surface area (TPSA) is 86.8 Å². The van der Waals surface area contributed by atoms with E-state index in [1.165, 1.54) is 6.33 Å². The lowest BCUT2D eigenvalue weighted by Gasteiger charge is -2.31. The zero-order chi connectivity index (χ0) is 15.4.